The van der Waals surface area contributed by atoms with Crippen molar-refractivity contribution >= 4 is 11.8 Å². The Kier molecular flexibility index (Phi) is 6.66. The molecule has 148 valence electrons. The maximum Gasteiger partial charge on any atom is 0.312 e. The Morgan fingerprint density at radius 2 is 1.82 bits per heavy atom. The van der Waals surface area contributed by atoms with E-state index in [0.717, 1.165) is 22.4 Å². The van der Waals surface area contributed by atoms with E-state index in [-0.39, 0.29) is 0 Å². The minimum absolute atomic E-state index is 0.376. The molecule has 1 fully saturated rings. The molecule has 1 aliphatic rings. The molecule has 0 atom stereocenters. The molecule has 0 aromatic heterocycles. The molecule has 3 rings (SSSR count). The lowest BCUT2D eigenvalue weighted by Crippen LogP contribution is -2.48. The molecule has 0 radical (unpaired) electrons. The summed E-state index contributed by atoms with van der Waals surface area (Å²) >= 11 is 0. The Bertz CT molecular complexity index is 827. The summed E-state index contributed by atoms with van der Waals surface area (Å²) in [7, 11) is 1.63. The monoisotopic (exact) mass is 382 g/mol. The van der Waals surface area contributed by atoms with Crippen LogP contribution in [0.1, 0.15) is 11.1 Å². The summed E-state index contributed by atoms with van der Waals surface area (Å²) in [6, 6.07) is 14.3. The number of methoxy groups -OCH3 is 1. The van der Waals surface area contributed by atoms with Gasteiger partial charge in [-0.3, -0.25) is 9.59 Å². The number of aryl methyl sites for hydroxylation is 1. The van der Waals surface area contributed by atoms with Gasteiger partial charge >= 0.3 is 11.8 Å². The lowest BCUT2D eigenvalue weighted by Gasteiger charge is -2.26. The Morgan fingerprint density at radius 1 is 1.11 bits per heavy atom. The average Bonchev–Trinajstić information content (AvgIpc) is 2.74. The number of carbonyl (C=O) groups is 2. The Balaban J connectivity index is 1.66. The van der Waals surface area contributed by atoms with Gasteiger partial charge in [-0.15, -0.1) is 0 Å². The van der Waals surface area contributed by atoms with Crippen LogP contribution in [0, 0.1) is 6.92 Å². The zero-order chi connectivity index (χ0) is 19.9. The molecule has 1 aliphatic heterocycles. The van der Waals surface area contributed by atoms with Crippen molar-refractivity contribution in [3.05, 3.63) is 53.6 Å². The Labute approximate surface area is 165 Å². The van der Waals surface area contributed by atoms with E-state index < -0.39 is 11.8 Å². The first-order valence-electron chi connectivity index (χ1n) is 9.47. The topological polar surface area (TPSA) is 67.9 Å². The molecular weight excluding hydrogens is 356 g/mol. The minimum Gasteiger partial charge on any atom is -0.497 e. The van der Waals surface area contributed by atoms with Gasteiger partial charge in [-0.25, -0.2) is 0 Å². The first-order chi connectivity index (χ1) is 13.6. The molecule has 28 heavy (non-hydrogen) atoms. The van der Waals surface area contributed by atoms with Crippen molar-refractivity contribution in [2.24, 2.45) is 0 Å². The van der Waals surface area contributed by atoms with Crippen LogP contribution in [0.2, 0.25) is 0 Å². The van der Waals surface area contributed by atoms with Crippen LogP contribution >= 0.6 is 0 Å². The highest BCUT2D eigenvalue weighted by Gasteiger charge is 2.23. The van der Waals surface area contributed by atoms with Crippen molar-refractivity contribution in [3.63, 3.8) is 0 Å². The van der Waals surface area contributed by atoms with Crippen LogP contribution in [0.15, 0.2) is 42.5 Å². The van der Waals surface area contributed by atoms with Crippen LogP contribution < -0.4 is 10.1 Å². The quantitative estimate of drug-likeness (QED) is 0.805. The van der Waals surface area contributed by atoms with E-state index in [1.165, 1.54) is 10.5 Å². The van der Waals surface area contributed by atoms with E-state index in [4.69, 9.17) is 9.47 Å². The third kappa shape index (κ3) is 4.89. The molecule has 2 amide bonds. The molecule has 0 bridgehead atoms. The molecule has 6 nitrogen and oxygen atoms in total. The second-order valence-corrected chi connectivity index (χ2v) is 6.80. The highest BCUT2D eigenvalue weighted by Crippen LogP contribution is 2.28. The van der Waals surface area contributed by atoms with Crippen molar-refractivity contribution in [3.8, 4) is 16.9 Å². The van der Waals surface area contributed by atoms with Crippen molar-refractivity contribution in [1.29, 1.82) is 0 Å². The number of morpholine rings is 1. The first kappa shape index (κ1) is 19.9. The predicted molar refractivity (Wildman–Crippen MR) is 107 cm³/mol. The van der Waals surface area contributed by atoms with Crippen LogP contribution in [0.25, 0.3) is 11.1 Å². The van der Waals surface area contributed by atoms with Gasteiger partial charge in [0.1, 0.15) is 5.75 Å². The van der Waals surface area contributed by atoms with Crippen molar-refractivity contribution in [1.82, 2.24) is 10.2 Å². The zero-order valence-corrected chi connectivity index (χ0v) is 16.4. The summed E-state index contributed by atoms with van der Waals surface area (Å²) in [6.45, 7) is 4.30. The highest BCUT2D eigenvalue weighted by molar-refractivity contribution is 6.35. The molecule has 1 saturated heterocycles. The minimum atomic E-state index is -0.568. The lowest BCUT2D eigenvalue weighted by atomic mass is 9.96. The fraction of sp³-hybridized carbons (Fsp3) is 0.364. The van der Waals surface area contributed by atoms with E-state index in [2.05, 4.69) is 36.5 Å². The van der Waals surface area contributed by atoms with Gasteiger partial charge in [0.2, 0.25) is 0 Å². The van der Waals surface area contributed by atoms with Gasteiger partial charge in [0.15, 0.2) is 0 Å². The smallest absolute Gasteiger partial charge is 0.312 e. The number of rotatable bonds is 5. The summed E-state index contributed by atoms with van der Waals surface area (Å²) in [4.78, 5) is 25.9. The van der Waals surface area contributed by atoms with Crippen LogP contribution in [0.4, 0.5) is 0 Å². The third-order valence-electron chi connectivity index (χ3n) is 4.85. The van der Waals surface area contributed by atoms with Gasteiger partial charge < -0.3 is 19.7 Å². The van der Waals surface area contributed by atoms with Crippen molar-refractivity contribution in [2.75, 3.05) is 40.0 Å². The average molecular weight is 382 g/mol. The number of amides is 2. The Hall–Kier alpha value is -2.86. The predicted octanol–water partition coefficient (Wildman–Crippen LogP) is 2.19. The largest absolute Gasteiger partial charge is 0.497 e. The lowest BCUT2D eigenvalue weighted by molar-refractivity contribution is -0.148. The number of nitrogens with one attached hydrogen (secondary N) is 1. The van der Waals surface area contributed by atoms with Gasteiger partial charge in [-0.05, 0) is 42.2 Å². The number of carbonyl (C=O) groups excluding carboxylic acids is 2. The zero-order valence-electron chi connectivity index (χ0n) is 16.4. The van der Waals surface area contributed by atoms with Gasteiger partial charge in [0, 0.05) is 19.6 Å². The second-order valence-electron chi connectivity index (χ2n) is 6.80. The first-order valence-corrected chi connectivity index (χ1v) is 9.47. The number of hydrogen-bond donors (Lipinski definition) is 1. The molecule has 1 N–H and O–H groups in total. The van der Waals surface area contributed by atoms with Crippen LogP contribution in [-0.2, 0) is 20.7 Å². The maximum atomic E-state index is 12.2. The summed E-state index contributed by atoms with van der Waals surface area (Å²) < 4.78 is 10.6. The number of ether oxygens (including phenoxy) is 2. The molecular formula is C22H26N2O4. The van der Waals surface area contributed by atoms with Gasteiger partial charge in [0.25, 0.3) is 0 Å². The van der Waals surface area contributed by atoms with E-state index in [9.17, 15) is 9.59 Å². The van der Waals surface area contributed by atoms with E-state index >= 15 is 0 Å². The molecule has 0 unspecified atom stereocenters. The number of nitrogens with zero attached hydrogens (tertiary/aromatic N) is 1. The summed E-state index contributed by atoms with van der Waals surface area (Å²) in [5, 5.41) is 2.74. The van der Waals surface area contributed by atoms with Crippen LogP contribution in [0.5, 0.6) is 5.75 Å². The summed E-state index contributed by atoms with van der Waals surface area (Å²) in [5.41, 5.74) is 4.46. The van der Waals surface area contributed by atoms with E-state index in [1.807, 2.05) is 18.2 Å². The summed E-state index contributed by atoms with van der Waals surface area (Å²) in [5.74, 6) is -0.295. The third-order valence-corrected chi connectivity index (χ3v) is 4.85. The number of benzene rings is 2. The maximum absolute atomic E-state index is 12.2. The van der Waals surface area contributed by atoms with Gasteiger partial charge in [-0.1, -0.05) is 35.9 Å². The molecule has 2 aromatic rings. The fourth-order valence-corrected chi connectivity index (χ4v) is 3.21. The number of hydrogen-bond acceptors (Lipinski definition) is 4. The highest BCUT2D eigenvalue weighted by atomic mass is 16.5. The van der Waals surface area contributed by atoms with E-state index in [1.54, 1.807) is 7.11 Å². The standard InChI is InChI=1S/C22H26N2O4/c1-16-3-5-17(6-4-16)20-8-7-19(27-2)15-18(20)9-10-23-21(25)22(26)24-11-13-28-14-12-24/h3-8,15H,9-14H2,1-2H3,(H,23,25). The van der Waals surface area contributed by atoms with Crippen molar-refractivity contribution in [2.45, 2.75) is 13.3 Å². The second kappa shape index (κ2) is 9.37. The SMILES string of the molecule is COc1ccc(-c2ccc(C)cc2)c(CCNC(=O)C(=O)N2CCOCC2)c1. The molecule has 6 heteroatoms. The molecule has 0 spiro atoms. The van der Waals surface area contributed by atoms with Gasteiger partial charge in [0.05, 0.1) is 20.3 Å². The van der Waals surface area contributed by atoms with E-state index in [0.29, 0.717) is 39.3 Å². The summed E-state index contributed by atoms with van der Waals surface area (Å²) in [6.07, 6.45) is 0.600. The molecule has 0 saturated carbocycles. The molecule has 2 aromatic carbocycles. The van der Waals surface area contributed by atoms with Crippen LogP contribution in [0.3, 0.4) is 0 Å². The normalized spacial score (nSPS) is 13.9. The molecule has 0 aliphatic carbocycles. The molecule has 1 heterocycles. The van der Waals surface area contributed by atoms with Gasteiger partial charge in [-0.2, -0.15) is 0 Å². The fourth-order valence-electron chi connectivity index (χ4n) is 3.21. The van der Waals surface area contributed by atoms with Crippen molar-refractivity contribution < 1.29 is 19.1 Å². The van der Waals surface area contributed by atoms with Crippen LogP contribution in [-0.4, -0.2) is 56.7 Å². The Morgan fingerprint density at radius 3 is 2.50 bits per heavy atom.